The van der Waals surface area contributed by atoms with Gasteiger partial charge in [0.2, 0.25) is 5.91 Å². The first-order chi connectivity index (χ1) is 12.8. The van der Waals surface area contributed by atoms with E-state index in [-0.39, 0.29) is 5.91 Å². The Bertz CT molecular complexity index is 815. The van der Waals surface area contributed by atoms with Crippen LogP contribution in [0.3, 0.4) is 0 Å². The summed E-state index contributed by atoms with van der Waals surface area (Å²) in [6.45, 7) is 3.11. The third-order valence-electron chi connectivity index (χ3n) is 6.15. The molecule has 1 unspecified atom stereocenters. The maximum absolute atomic E-state index is 12.8. The number of anilines is 1. The first-order valence-corrected chi connectivity index (χ1v) is 9.35. The van der Waals surface area contributed by atoms with Crippen molar-refractivity contribution < 1.29 is 9.53 Å². The van der Waals surface area contributed by atoms with E-state index in [1.165, 1.54) is 5.56 Å². The number of ether oxygens (including phenoxy) is 1. The number of fused-ring (bicyclic) bond motifs is 1. The number of carbonyl (C=O) groups excluding carboxylic acids is 1. The van der Waals surface area contributed by atoms with Crippen molar-refractivity contribution in [3.8, 4) is 5.75 Å². The van der Waals surface area contributed by atoms with Gasteiger partial charge in [-0.2, -0.15) is 0 Å². The number of hydrogen-bond acceptors (Lipinski definition) is 4. The Morgan fingerprint density at radius 2 is 1.73 bits per heavy atom. The summed E-state index contributed by atoms with van der Waals surface area (Å²) in [4.78, 5) is 17.5. The Labute approximate surface area is 153 Å². The highest BCUT2D eigenvalue weighted by Crippen LogP contribution is 2.41. The molecule has 2 fully saturated rings. The molecule has 2 saturated heterocycles. The Hall–Kier alpha value is -2.53. The van der Waals surface area contributed by atoms with Crippen molar-refractivity contribution in [3.05, 3.63) is 60.2 Å². The van der Waals surface area contributed by atoms with E-state index in [0.717, 1.165) is 37.4 Å². The summed E-state index contributed by atoms with van der Waals surface area (Å²) in [6, 6.07) is 18.9. The maximum Gasteiger partial charge on any atom is 0.247 e. The number of piperidine rings is 1. The molecular weight excluding hydrogens is 326 g/mol. The number of likely N-dealkylation sites (tertiary alicyclic amines) is 1. The van der Waals surface area contributed by atoms with E-state index < -0.39 is 5.54 Å². The van der Waals surface area contributed by atoms with Crippen LogP contribution in [0, 0.1) is 0 Å². The third kappa shape index (κ3) is 2.31. The minimum atomic E-state index is -0.420. The molecule has 0 aliphatic carbocycles. The second-order valence-electron chi connectivity index (χ2n) is 7.36. The normalized spacial score (nSPS) is 24.4. The van der Waals surface area contributed by atoms with Gasteiger partial charge in [0.1, 0.15) is 17.9 Å². The van der Waals surface area contributed by atoms with Crippen LogP contribution in [-0.4, -0.2) is 42.7 Å². The Morgan fingerprint density at radius 1 is 1.00 bits per heavy atom. The number of rotatable bonds is 2. The van der Waals surface area contributed by atoms with Crippen LogP contribution in [0.2, 0.25) is 0 Å². The van der Waals surface area contributed by atoms with Crippen LogP contribution < -0.4 is 15.0 Å². The van der Waals surface area contributed by atoms with Crippen molar-refractivity contribution >= 4 is 11.6 Å². The quantitative estimate of drug-likeness (QED) is 0.905. The minimum absolute atomic E-state index is 0.170. The third-order valence-corrected chi connectivity index (χ3v) is 6.15. The fourth-order valence-electron chi connectivity index (χ4n) is 4.69. The number of benzene rings is 2. The molecule has 5 nitrogen and oxygen atoms in total. The largest absolute Gasteiger partial charge is 0.491 e. The average Bonchev–Trinajstić information content (AvgIpc) is 3.26. The van der Waals surface area contributed by atoms with Crippen LogP contribution in [-0.2, 0) is 4.79 Å². The monoisotopic (exact) mass is 349 g/mol. The molecule has 5 rings (SSSR count). The second kappa shape index (κ2) is 6.02. The Balaban J connectivity index is 1.37. The molecule has 1 atom stereocenters. The number of nitrogens with one attached hydrogen (secondary N) is 1. The summed E-state index contributed by atoms with van der Waals surface area (Å²) in [5, 5.41) is 3.07. The molecule has 3 heterocycles. The summed E-state index contributed by atoms with van der Waals surface area (Å²) >= 11 is 0. The second-order valence-corrected chi connectivity index (χ2v) is 7.36. The van der Waals surface area contributed by atoms with E-state index in [4.69, 9.17) is 4.74 Å². The predicted molar refractivity (Wildman–Crippen MR) is 100 cm³/mol. The lowest BCUT2D eigenvalue weighted by Gasteiger charge is -2.44. The van der Waals surface area contributed by atoms with Gasteiger partial charge in [-0.1, -0.05) is 36.4 Å². The number of hydrogen-bond donors (Lipinski definition) is 1. The van der Waals surface area contributed by atoms with Gasteiger partial charge in [0.25, 0.3) is 0 Å². The van der Waals surface area contributed by atoms with E-state index in [2.05, 4.69) is 39.4 Å². The van der Waals surface area contributed by atoms with Gasteiger partial charge in [0.15, 0.2) is 0 Å². The van der Waals surface area contributed by atoms with Gasteiger partial charge in [0.05, 0.1) is 12.7 Å². The van der Waals surface area contributed by atoms with Gasteiger partial charge in [-0.3, -0.25) is 9.69 Å². The molecular formula is C21H23N3O2. The molecule has 0 saturated carbocycles. The van der Waals surface area contributed by atoms with Crippen molar-refractivity contribution in [1.29, 1.82) is 0 Å². The van der Waals surface area contributed by atoms with E-state index in [0.29, 0.717) is 19.3 Å². The smallest absolute Gasteiger partial charge is 0.247 e. The van der Waals surface area contributed by atoms with Crippen molar-refractivity contribution in [2.24, 2.45) is 0 Å². The summed E-state index contributed by atoms with van der Waals surface area (Å²) in [5.41, 5.74) is 1.98. The first kappa shape index (κ1) is 15.7. The van der Waals surface area contributed by atoms with Crippen molar-refractivity contribution in [2.75, 3.05) is 31.3 Å². The highest BCUT2D eigenvalue weighted by molar-refractivity contribution is 5.93. The van der Waals surface area contributed by atoms with Gasteiger partial charge in [-0.25, -0.2) is 0 Å². The van der Waals surface area contributed by atoms with Gasteiger partial charge in [-0.15, -0.1) is 0 Å². The molecule has 1 spiro atoms. The van der Waals surface area contributed by atoms with Crippen LogP contribution in [0.25, 0.3) is 0 Å². The molecule has 2 aromatic rings. The molecule has 134 valence electrons. The number of carbonyl (C=O) groups is 1. The Morgan fingerprint density at radius 3 is 2.54 bits per heavy atom. The molecule has 3 aliphatic heterocycles. The van der Waals surface area contributed by atoms with Gasteiger partial charge < -0.3 is 15.0 Å². The zero-order valence-corrected chi connectivity index (χ0v) is 14.7. The summed E-state index contributed by atoms with van der Waals surface area (Å²) in [7, 11) is 0. The molecule has 1 amide bonds. The molecule has 0 radical (unpaired) electrons. The highest BCUT2D eigenvalue weighted by Gasteiger charge is 2.51. The lowest BCUT2D eigenvalue weighted by molar-refractivity contribution is -0.125. The SMILES string of the molecule is O=C1NCN(c2ccccc2)C12CCN(C1COc3ccccc31)CC2. The highest BCUT2D eigenvalue weighted by atomic mass is 16.5. The van der Waals surface area contributed by atoms with Crippen molar-refractivity contribution in [2.45, 2.75) is 24.4 Å². The predicted octanol–water partition coefficient (Wildman–Crippen LogP) is 2.55. The number of para-hydroxylation sites is 2. The molecule has 1 N–H and O–H groups in total. The van der Waals surface area contributed by atoms with E-state index in [9.17, 15) is 4.79 Å². The van der Waals surface area contributed by atoms with Gasteiger partial charge in [-0.05, 0) is 31.0 Å². The first-order valence-electron chi connectivity index (χ1n) is 9.35. The summed E-state index contributed by atoms with van der Waals surface area (Å²) < 4.78 is 5.86. The van der Waals surface area contributed by atoms with Gasteiger partial charge in [0, 0.05) is 24.3 Å². The molecule has 5 heteroatoms. The standard InChI is InChI=1S/C21H23N3O2/c25-20-21(24(15-22-20)16-6-2-1-3-7-16)10-12-23(13-11-21)18-14-26-19-9-5-4-8-17(18)19/h1-9,18H,10-15H2,(H,22,25). The van der Waals surface area contributed by atoms with Crippen molar-refractivity contribution in [3.63, 3.8) is 0 Å². The lowest BCUT2D eigenvalue weighted by atomic mass is 9.84. The zero-order chi connectivity index (χ0) is 17.6. The molecule has 0 aromatic heterocycles. The van der Waals surface area contributed by atoms with E-state index in [1.54, 1.807) is 0 Å². The van der Waals surface area contributed by atoms with Crippen LogP contribution in [0.1, 0.15) is 24.4 Å². The van der Waals surface area contributed by atoms with E-state index >= 15 is 0 Å². The van der Waals surface area contributed by atoms with Crippen LogP contribution in [0.5, 0.6) is 5.75 Å². The Kier molecular flexibility index (Phi) is 3.64. The van der Waals surface area contributed by atoms with E-state index in [1.807, 2.05) is 30.3 Å². The summed E-state index contributed by atoms with van der Waals surface area (Å²) in [6.07, 6.45) is 1.68. The van der Waals surface area contributed by atoms with Crippen LogP contribution >= 0.6 is 0 Å². The molecule has 26 heavy (non-hydrogen) atoms. The topological polar surface area (TPSA) is 44.8 Å². The van der Waals surface area contributed by atoms with Gasteiger partial charge >= 0.3 is 0 Å². The van der Waals surface area contributed by atoms with Crippen molar-refractivity contribution in [1.82, 2.24) is 10.2 Å². The number of nitrogens with zero attached hydrogens (tertiary/aromatic N) is 2. The van der Waals surface area contributed by atoms with Crippen LogP contribution in [0.15, 0.2) is 54.6 Å². The molecule has 2 aromatic carbocycles. The molecule has 3 aliphatic rings. The average molecular weight is 349 g/mol. The molecule has 0 bridgehead atoms. The van der Waals surface area contributed by atoms with Crippen LogP contribution in [0.4, 0.5) is 5.69 Å². The summed E-state index contributed by atoms with van der Waals surface area (Å²) in [5.74, 6) is 1.17. The number of amides is 1. The fourth-order valence-corrected chi connectivity index (χ4v) is 4.69. The lowest BCUT2D eigenvalue weighted by Crippen LogP contribution is -2.56. The fraction of sp³-hybridized carbons (Fsp3) is 0.381. The maximum atomic E-state index is 12.8. The zero-order valence-electron chi connectivity index (χ0n) is 14.7. The minimum Gasteiger partial charge on any atom is -0.491 e.